The molecule has 21 heavy (non-hydrogen) atoms. The Morgan fingerprint density at radius 3 is 2.81 bits per heavy atom. The largest absolute Gasteiger partial charge is 0.465 e. The number of carbonyl (C=O) groups excluding carboxylic acids is 1. The van der Waals surface area contributed by atoms with Crippen molar-refractivity contribution in [1.29, 1.82) is 0 Å². The molecule has 0 bridgehead atoms. The maximum Gasteiger partial charge on any atom is 0.340 e. The lowest BCUT2D eigenvalue weighted by Crippen LogP contribution is -2.14. The number of hydrogen-bond acceptors (Lipinski definition) is 2. The van der Waals surface area contributed by atoms with E-state index in [0.717, 1.165) is 11.9 Å². The summed E-state index contributed by atoms with van der Waals surface area (Å²) in [5.74, 6) is 0.305. The summed E-state index contributed by atoms with van der Waals surface area (Å²) < 4.78 is 7.35. The van der Waals surface area contributed by atoms with Gasteiger partial charge in [0.1, 0.15) is 0 Å². The van der Waals surface area contributed by atoms with Crippen LogP contribution in [0.25, 0.3) is 10.9 Å². The van der Waals surface area contributed by atoms with Gasteiger partial charge in [-0.1, -0.05) is 19.1 Å². The Balaban J connectivity index is 2.42. The average molecular weight is 285 g/mol. The number of aryl methyl sites for hydroxylation is 1. The minimum Gasteiger partial charge on any atom is -0.465 e. The monoisotopic (exact) mass is 285 g/mol. The van der Waals surface area contributed by atoms with Crippen molar-refractivity contribution in [3.8, 4) is 0 Å². The van der Waals surface area contributed by atoms with Gasteiger partial charge in [0, 0.05) is 17.1 Å². The summed E-state index contributed by atoms with van der Waals surface area (Å²) in [6.07, 6.45) is 3.57. The number of benzene rings is 1. The van der Waals surface area contributed by atoms with Crippen LogP contribution in [-0.2, 0) is 11.2 Å². The quantitative estimate of drug-likeness (QED) is 0.763. The predicted molar refractivity (Wildman–Crippen MR) is 85.0 cm³/mol. The number of para-hydroxylation sites is 1. The molecule has 0 amide bonds. The van der Waals surface area contributed by atoms with Crippen LogP contribution in [0.15, 0.2) is 18.2 Å². The van der Waals surface area contributed by atoms with Gasteiger partial charge in [0.05, 0.1) is 18.2 Å². The summed E-state index contributed by atoms with van der Waals surface area (Å²) in [6.45, 7) is 6.68. The zero-order chi connectivity index (χ0) is 15.1. The summed E-state index contributed by atoms with van der Waals surface area (Å²) in [4.78, 5) is 12.2. The van der Waals surface area contributed by atoms with Crippen LogP contribution in [0.1, 0.15) is 67.2 Å². The Kier molecular flexibility index (Phi) is 3.52. The van der Waals surface area contributed by atoms with Crippen LogP contribution in [0.2, 0.25) is 0 Å². The first-order valence-corrected chi connectivity index (χ1v) is 7.80. The van der Waals surface area contributed by atoms with Gasteiger partial charge in [0.15, 0.2) is 0 Å². The van der Waals surface area contributed by atoms with Crippen molar-refractivity contribution in [3.05, 3.63) is 35.0 Å². The minimum absolute atomic E-state index is 0.245. The fourth-order valence-electron chi connectivity index (χ4n) is 3.78. The molecule has 0 spiro atoms. The van der Waals surface area contributed by atoms with E-state index in [-0.39, 0.29) is 5.97 Å². The number of methoxy groups -OCH3 is 1. The zero-order valence-electron chi connectivity index (χ0n) is 13.3. The fraction of sp³-hybridized carbons (Fsp3) is 0.500. The van der Waals surface area contributed by atoms with Crippen molar-refractivity contribution in [2.45, 2.75) is 52.0 Å². The van der Waals surface area contributed by atoms with E-state index in [0.29, 0.717) is 17.5 Å². The molecule has 0 N–H and O–H groups in total. The standard InChI is InChI=1S/C18H23NO2/c1-11(2)19-16-12(3)7-5-8-13(16)14-9-6-10-15(17(14)19)18(20)21-4/h6,9-12H,5,7-8H2,1-4H3. The van der Waals surface area contributed by atoms with Crippen molar-refractivity contribution in [2.24, 2.45) is 0 Å². The number of nitrogens with zero attached hydrogens (tertiary/aromatic N) is 1. The number of rotatable bonds is 2. The lowest BCUT2D eigenvalue weighted by atomic mass is 9.87. The highest BCUT2D eigenvalue weighted by atomic mass is 16.5. The van der Waals surface area contributed by atoms with Gasteiger partial charge in [0.2, 0.25) is 0 Å². The first-order valence-electron chi connectivity index (χ1n) is 7.80. The van der Waals surface area contributed by atoms with Crippen LogP contribution in [-0.4, -0.2) is 17.6 Å². The Morgan fingerprint density at radius 1 is 1.38 bits per heavy atom. The molecule has 0 saturated carbocycles. The molecule has 3 heteroatoms. The number of esters is 1. The number of carbonyl (C=O) groups is 1. The van der Waals surface area contributed by atoms with Gasteiger partial charge in [-0.3, -0.25) is 0 Å². The number of fused-ring (bicyclic) bond motifs is 3. The van der Waals surface area contributed by atoms with Gasteiger partial charge < -0.3 is 9.30 Å². The number of aromatic nitrogens is 1. The molecule has 0 saturated heterocycles. The molecule has 0 aliphatic heterocycles. The van der Waals surface area contributed by atoms with Crippen molar-refractivity contribution in [2.75, 3.05) is 7.11 Å². The Hall–Kier alpha value is -1.77. The Bertz CT molecular complexity index is 697. The third kappa shape index (κ3) is 2.06. The summed E-state index contributed by atoms with van der Waals surface area (Å²) in [6, 6.07) is 6.34. The van der Waals surface area contributed by atoms with Crippen LogP contribution in [0.3, 0.4) is 0 Å². The van der Waals surface area contributed by atoms with E-state index in [1.54, 1.807) is 0 Å². The van der Waals surface area contributed by atoms with Crippen molar-refractivity contribution >= 4 is 16.9 Å². The van der Waals surface area contributed by atoms with Crippen LogP contribution in [0, 0.1) is 0 Å². The molecule has 1 atom stereocenters. The summed E-state index contributed by atoms with van der Waals surface area (Å²) in [7, 11) is 1.45. The Labute approximate surface area is 125 Å². The number of ether oxygens (including phenoxy) is 1. The lowest BCUT2D eigenvalue weighted by molar-refractivity contribution is 0.0602. The van der Waals surface area contributed by atoms with Crippen LogP contribution >= 0.6 is 0 Å². The normalized spacial score (nSPS) is 18.0. The highest BCUT2D eigenvalue weighted by molar-refractivity contribution is 6.04. The topological polar surface area (TPSA) is 31.2 Å². The van der Waals surface area contributed by atoms with Gasteiger partial charge >= 0.3 is 5.97 Å². The van der Waals surface area contributed by atoms with Crippen LogP contribution in [0.5, 0.6) is 0 Å². The molecule has 0 radical (unpaired) electrons. The molecular weight excluding hydrogens is 262 g/mol. The first kappa shape index (κ1) is 14.2. The number of hydrogen-bond donors (Lipinski definition) is 0. The molecule has 2 aromatic rings. The van der Waals surface area contributed by atoms with E-state index in [1.165, 1.54) is 36.6 Å². The van der Waals surface area contributed by atoms with Gasteiger partial charge in [-0.2, -0.15) is 0 Å². The third-order valence-electron chi connectivity index (χ3n) is 4.62. The third-order valence-corrected chi connectivity index (χ3v) is 4.62. The summed E-state index contributed by atoms with van der Waals surface area (Å²) >= 11 is 0. The maximum absolute atomic E-state index is 12.2. The van der Waals surface area contributed by atoms with E-state index in [4.69, 9.17) is 4.74 Å². The summed E-state index contributed by atoms with van der Waals surface area (Å²) in [5.41, 5.74) is 4.59. The molecule has 1 aromatic heterocycles. The second-order valence-electron chi connectivity index (χ2n) is 6.31. The minimum atomic E-state index is -0.245. The van der Waals surface area contributed by atoms with Crippen LogP contribution in [0.4, 0.5) is 0 Å². The molecule has 0 fully saturated rings. The lowest BCUT2D eigenvalue weighted by Gasteiger charge is -2.24. The highest BCUT2D eigenvalue weighted by Gasteiger charge is 2.28. The van der Waals surface area contributed by atoms with Crippen LogP contribution < -0.4 is 0 Å². The smallest absolute Gasteiger partial charge is 0.340 e. The van der Waals surface area contributed by atoms with Crippen molar-refractivity contribution in [3.63, 3.8) is 0 Å². The molecule has 1 aromatic carbocycles. The molecular formula is C18H23NO2. The molecule has 1 heterocycles. The average Bonchev–Trinajstić information content (AvgIpc) is 2.82. The summed E-state index contributed by atoms with van der Waals surface area (Å²) in [5, 5.41) is 1.23. The van der Waals surface area contributed by atoms with Gasteiger partial charge in [-0.15, -0.1) is 0 Å². The fourth-order valence-corrected chi connectivity index (χ4v) is 3.78. The zero-order valence-corrected chi connectivity index (χ0v) is 13.3. The van der Waals surface area contributed by atoms with Gasteiger partial charge in [-0.05, 0) is 50.7 Å². The Morgan fingerprint density at radius 2 is 2.14 bits per heavy atom. The van der Waals surface area contributed by atoms with E-state index in [9.17, 15) is 4.79 Å². The molecule has 112 valence electrons. The highest BCUT2D eigenvalue weighted by Crippen LogP contribution is 2.41. The molecule has 1 aliphatic carbocycles. The van der Waals surface area contributed by atoms with E-state index >= 15 is 0 Å². The molecule has 1 aliphatic rings. The van der Waals surface area contributed by atoms with Crippen molar-refractivity contribution in [1.82, 2.24) is 4.57 Å². The van der Waals surface area contributed by atoms with Crippen molar-refractivity contribution < 1.29 is 9.53 Å². The second-order valence-corrected chi connectivity index (χ2v) is 6.31. The van der Waals surface area contributed by atoms with E-state index in [1.807, 2.05) is 12.1 Å². The van der Waals surface area contributed by atoms with E-state index in [2.05, 4.69) is 31.4 Å². The predicted octanol–water partition coefficient (Wildman–Crippen LogP) is 4.45. The first-order chi connectivity index (χ1) is 10.1. The molecule has 3 nitrogen and oxygen atoms in total. The second kappa shape index (κ2) is 5.21. The molecule has 1 unspecified atom stereocenters. The molecule has 3 rings (SSSR count). The SMILES string of the molecule is COC(=O)c1cccc2c3c(n(C(C)C)c12)C(C)CCC3. The van der Waals surface area contributed by atoms with Gasteiger partial charge in [-0.25, -0.2) is 4.79 Å². The van der Waals surface area contributed by atoms with Gasteiger partial charge in [0.25, 0.3) is 0 Å². The maximum atomic E-state index is 12.2. The van der Waals surface area contributed by atoms with E-state index < -0.39 is 0 Å².